The number of hydrogen-bond acceptors (Lipinski definition) is 2. The van der Waals surface area contributed by atoms with Crippen molar-refractivity contribution >= 4 is 11.6 Å². The van der Waals surface area contributed by atoms with Gasteiger partial charge in [-0.1, -0.05) is 24.1 Å². The summed E-state index contributed by atoms with van der Waals surface area (Å²) in [6.07, 6.45) is 4.36. The standard InChI is InChI=1S/C14H19ClFNO/c15-12-6-5-11(14(16)9-12)10-17(7-2-8-18)13-3-1-4-13/h5-6,9,13,18H,1-4,7-8,10H2. The summed E-state index contributed by atoms with van der Waals surface area (Å²) in [5, 5.41) is 9.36. The van der Waals surface area contributed by atoms with Crippen molar-refractivity contribution in [3.05, 3.63) is 34.6 Å². The second-order valence-electron chi connectivity index (χ2n) is 4.87. The van der Waals surface area contributed by atoms with Crippen molar-refractivity contribution in [2.75, 3.05) is 13.2 Å². The van der Waals surface area contributed by atoms with E-state index >= 15 is 0 Å². The summed E-state index contributed by atoms with van der Waals surface area (Å²) in [5.74, 6) is -0.240. The van der Waals surface area contributed by atoms with E-state index in [1.54, 1.807) is 12.1 Å². The zero-order valence-corrected chi connectivity index (χ0v) is 11.2. The van der Waals surface area contributed by atoms with Crippen molar-refractivity contribution in [1.82, 2.24) is 4.90 Å². The first-order chi connectivity index (χ1) is 8.70. The van der Waals surface area contributed by atoms with Crippen LogP contribution in [0.1, 0.15) is 31.2 Å². The van der Waals surface area contributed by atoms with Crippen LogP contribution in [0.4, 0.5) is 4.39 Å². The van der Waals surface area contributed by atoms with Gasteiger partial charge in [0.05, 0.1) is 0 Å². The Kier molecular flexibility index (Phi) is 4.98. The van der Waals surface area contributed by atoms with Crippen LogP contribution in [0.5, 0.6) is 0 Å². The molecule has 0 aliphatic heterocycles. The summed E-state index contributed by atoms with van der Waals surface area (Å²) in [5.41, 5.74) is 0.684. The Hall–Kier alpha value is -0.640. The largest absolute Gasteiger partial charge is 0.396 e. The molecule has 100 valence electrons. The van der Waals surface area contributed by atoms with E-state index in [2.05, 4.69) is 4.90 Å². The van der Waals surface area contributed by atoms with E-state index in [0.717, 1.165) is 13.0 Å². The van der Waals surface area contributed by atoms with Crippen LogP contribution in [-0.4, -0.2) is 29.2 Å². The first-order valence-corrected chi connectivity index (χ1v) is 6.87. The van der Waals surface area contributed by atoms with Crippen LogP contribution >= 0.6 is 11.6 Å². The maximum atomic E-state index is 13.8. The second-order valence-corrected chi connectivity index (χ2v) is 5.30. The molecule has 0 aromatic heterocycles. The number of rotatable bonds is 6. The van der Waals surface area contributed by atoms with Crippen molar-refractivity contribution in [3.63, 3.8) is 0 Å². The maximum Gasteiger partial charge on any atom is 0.129 e. The molecule has 0 amide bonds. The quantitative estimate of drug-likeness (QED) is 0.859. The van der Waals surface area contributed by atoms with Crippen molar-refractivity contribution in [2.24, 2.45) is 0 Å². The lowest BCUT2D eigenvalue weighted by atomic mass is 9.91. The predicted molar refractivity (Wildman–Crippen MR) is 71.2 cm³/mol. The first-order valence-electron chi connectivity index (χ1n) is 6.49. The number of halogens is 2. The van der Waals surface area contributed by atoms with Crippen LogP contribution in [-0.2, 0) is 6.54 Å². The van der Waals surface area contributed by atoms with E-state index < -0.39 is 0 Å². The fraction of sp³-hybridized carbons (Fsp3) is 0.571. The lowest BCUT2D eigenvalue weighted by Crippen LogP contribution is -2.40. The predicted octanol–water partition coefficient (Wildman–Crippen LogP) is 3.22. The Morgan fingerprint density at radius 3 is 2.72 bits per heavy atom. The Labute approximate surface area is 112 Å². The van der Waals surface area contributed by atoms with Gasteiger partial charge in [0.1, 0.15) is 5.82 Å². The molecule has 1 N–H and O–H groups in total. The Morgan fingerprint density at radius 2 is 2.17 bits per heavy atom. The highest BCUT2D eigenvalue weighted by Gasteiger charge is 2.25. The van der Waals surface area contributed by atoms with Gasteiger partial charge in [-0.3, -0.25) is 4.90 Å². The molecule has 0 saturated heterocycles. The molecular formula is C14H19ClFNO. The van der Waals surface area contributed by atoms with E-state index in [1.807, 2.05) is 0 Å². The summed E-state index contributed by atoms with van der Waals surface area (Å²) >= 11 is 5.75. The average Bonchev–Trinajstić information content (AvgIpc) is 2.27. The topological polar surface area (TPSA) is 23.5 Å². The Morgan fingerprint density at radius 1 is 1.39 bits per heavy atom. The highest BCUT2D eigenvalue weighted by atomic mass is 35.5. The van der Waals surface area contributed by atoms with Gasteiger partial charge in [0.15, 0.2) is 0 Å². The van der Waals surface area contributed by atoms with Crippen LogP contribution in [0.3, 0.4) is 0 Å². The van der Waals surface area contributed by atoms with E-state index in [4.69, 9.17) is 16.7 Å². The number of aliphatic hydroxyl groups is 1. The lowest BCUT2D eigenvalue weighted by molar-refractivity contribution is 0.108. The van der Waals surface area contributed by atoms with Crippen molar-refractivity contribution in [2.45, 2.75) is 38.3 Å². The molecule has 1 aromatic rings. The van der Waals surface area contributed by atoms with Crippen LogP contribution in [0.25, 0.3) is 0 Å². The third-order valence-electron chi connectivity index (χ3n) is 3.58. The minimum absolute atomic E-state index is 0.187. The SMILES string of the molecule is OCCCN(Cc1ccc(Cl)cc1F)C1CCC1. The summed E-state index contributed by atoms with van der Waals surface area (Å²) < 4.78 is 13.8. The molecule has 2 nitrogen and oxygen atoms in total. The zero-order valence-electron chi connectivity index (χ0n) is 10.4. The normalized spacial score (nSPS) is 16.0. The molecule has 1 aromatic carbocycles. The van der Waals surface area contributed by atoms with Gasteiger partial charge in [-0.05, 0) is 31.4 Å². The van der Waals surface area contributed by atoms with Gasteiger partial charge in [-0.25, -0.2) is 4.39 Å². The molecule has 0 heterocycles. The second kappa shape index (κ2) is 6.50. The average molecular weight is 272 g/mol. The van der Waals surface area contributed by atoms with Gasteiger partial charge in [0.25, 0.3) is 0 Å². The number of nitrogens with zero attached hydrogens (tertiary/aromatic N) is 1. The highest BCUT2D eigenvalue weighted by Crippen LogP contribution is 2.27. The van der Waals surface area contributed by atoms with Gasteiger partial charge in [0, 0.05) is 36.3 Å². The molecule has 1 fully saturated rings. The molecule has 0 radical (unpaired) electrons. The third kappa shape index (κ3) is 3.44. The van der Waals surface area contributed by atoms with E-state index in [-0.39, 0.29) is 12.4 Å². The van der Waals surface area contributed by atoms with Crippen LogP contribution in [0.15, 0.2) is 18.2 Å². The van der Waals surface area contributed by atoms with Gasteiger partial charge in [0.2, 0.25) is 0 Å². The molecule has 4 heteroatoms. The van der Waals surface area contributed by atoms with Crippen LogP contribution in [0, 0.1) is 5.82 Å². The van der Waals surface area contributed by atoms with Gasteiger partial charge in [-0.2, -0.15) is 0 Å². The third-order valence-corrected chi connectivity index (χ3v) is 3.82. The molecule has 0 spiro atoms. The zero-order chi connectivity index (χ0) is 13.0. The molecule has 18 heavy (non-hydrogen) atoms. The molecule has 1 aliphatic rings. The van der Waals surface area contributed by atoms with Gasteiger partial charge >= 0.3 is 0 Å². The summed E-state index contributed by atoms with van der Waals surface area (Å²) in [6.45, 7) is 1.61. The maximum absolute atomic E-state index is 13.8. The summed E-state index contributed by atoms with van der Waals surface area (Å²) in [4.78, 5) is 2.27. The van der Waals surface area contributed by atoms with E-state index in [0.29, 0.717) is 23.2 Å². The monoisotopic (exact) mass is 271 g/mol. The molecule has 0 bridgehead atoms. The molecule has 2 rings (SSSR count). The van der Waals surface area contributed by atoms with Gasteiger partial charge in [-0.15, -0.1) is 0 Å². The van der Waals surface area contributed by atoms with Crippen molar-refractivity contribution < 1.29 is 9.50 Å². The van der Waals surface area contributed by atoms with E-state index in [1.165, 1.54) is 25.3 Å². The molecule has 0 atom stereocenters. The Balaban J connectivity index is 2.02. The van der Waals surface area contributed by atoms with Crippen molar-refractivity contribution in [3.8, 4) is 0 Å². The fourth-order valence-electron chi connectivity index (χ4n) is 2.29. The summed E-state index contributed by atoms with van der Waals surface area (Å²) in [7, 11) is 0. The van der Waals surface area contributed by atoms with Crippen LogP contribution < -0.4 is 0 Å². The molecule has 1 saturated carbocycles. The van der Waals surface area contributed by atoms with E-state index in [9.17, 15) is 4.39 Å². The lowest BCUT2D eigenvalue weighted by Gasteiger charge is -2.37. The minimum Gasteiger partial charge on any atom is -0.396 e. The van der Waals surface area contributed by atoms with Gasteiger partial charge < -0.3 is 5.11 Å². The Bertz CT molecular complexity index is 395. The number of hydrogen-bond donors (Lipinski definition) is 1. The molecule has 0 unspecified atom stereocenters. The number of benzene rings is 1. The van der Waals surface area contributed by atoms with Crippen molar-refractivity contribution in [1.29, 1.82) is 0 Å². The first kappa shape index (κ1) is 13.8. The van der Waals surface area contributed by atoms with Crippen LogP contribution in [0.2, 0.25) is 5.02 Å². The highest BCUT2D eigenvalue weighted by molar-refractivity contribution is 6.30. The fourth-order valence-corrected chi connectivity index (χ4v) is 2.44. The summed E-state index contributed by atoms with van der Waals surface area (Å²) in [6, 6.07) is 5.39. The molecular weight excluding hydrogens is 253 g/mol. The smallest absolute Gasteiger partial charge is 0.129 e. The minimum atomic E-state index is -0.240. The number of aliphatic hydroxyl groups excluding tert-OH is 1. The molecule has 1 aliphatic carbocycles.